The molecule has 0 aliphatic rings. The molecule has 0 spiro atoms. The molecule has 3 rings (SSSR count). The van der Waals surface area contributed by atoms with Gasteiger partial charge in [-0.3, -0.25) is 5.32 Å². The lowest BCUT2D eigenvalue weighted by atomic mass is 10.1. The summed E-state index contributed by atoms with van der Waals surface area (Å²) in [6, 6.07) is 15.5. The van der Waals surface area contributed by atoms with Crippen LogP contribution >= 0.6 is 0 Å². The highest BCUT2D eigenvalue weighted by atomic mass is 16.6. The van der Waals surface area contributed by atoms with Crippen LogP contribution in [0.3, 0.4) is 0 Å². The molecule has 0 aliphatic heterocycles. The first-order chi connectivity index (χ1) is 15.0. The summed E-state index contributed by atoms with van der Waals surface area (Å²) < 4.78 is 18.0. The minimum Gasteiger partial charge on any atom is -0.491 e. The van der Waals surface area contributed by atoms with Crippen molar-refractivity contribution in [3.8, 4) is 23.1 Å². The smallest absolute Gasteiger partial charge is 0.411 e. The molecule has 2 aromatic carbocycles. The van der Waals surface area contributed by atoms with E-state index >= 15 is 0 Å². The fourth-order valence-electron chi connectivity index (χ4n) is 3.48. The highest BCUT2D eigenvalue weighted by Crippen LogP contribution is 2.35. The zero-order valence-electron chi connectivity index (χ0n) is 18.3. The summed E-state index contributed by atoms with van der Waals surface area (Å²) in [5, 5.41) is 13.5. The minimum absolute atomic E-state index is 0.193. The fraction of sp³-hybridized carbons (Fsp3) is 0.333. The zero-order valence-corrected chi connectivity index (χ0v) is 18.3. The minimum atomic E-state index is -0.496. The van der Waals surface area contributed by atoms with Gasteiger partial charge >= 0.3 is 6.09 Å². The van der Waals surface area contributed by atoms with Crippen molar-refractivity contribution in [2.45, 2.75) is 33.4 Å². The van der Waals surface area contributed by atoms with E-state index in [2.05, 4.69) is 16.0 Å². The summed E-state index contributed by atoms with van der Waals surface area (Å²) in [6.07, 6.45) is -0.690. The van der Waals surface area contributed by atoms with Gasteiger partial charge in [0, 0.05) is 30.8 Å². The molecule has 7 nitrogen and oxygen atoms in total. The Morgan fingerprint density at radius 3 is 2.52 bits per heavy atom. The fourth-order valence-corrected chi connectivity index (χ4v) is 3.48. The SMILES string of the molecule is CCn1c(-c2ccc(NC(=O)OC(C)C)cc2)c(C#N)c2ccc(OCCOC)cc21. The molecular formula is C24H27N3O4. The van der Waals surface area contributed by atoms with Crippen LogP contribution in [0.15, 0.2) is 42.5 Å². The number of carbonyl (C=O) groups is 1. The van der Waals surface area contributed by atoms with Crippen LogP contribution in [0.4, 0.5) is 10.5 Å². The summed E-state index contributed by atoms with van der Waals surface area (Å²) in [6.45, 7) is 7.29. The Morgan fingerprint density at radius 2 is 1.90 bits per heavy atom. The monoisotopic (exact) mass is 421 g/mol. The van der Waals surface area contributed by atoms with E-state index in [0.717, 1.165) is 27.9 Å². The molecule has 0 fully saturated rings. The second-order valence-electron chi connectivity index (χ2n) is 7.26. The number of benzene rings is 2. The summed E-state index contributed by atoms with van der Waals surface area (Å²) in [4.78, 5) is 11.8. The molecule has 1 amide bonds. The van der Waals surface area contributed by atoms with Crippen LogP contribution in [-0.2, 0) is 16.0 Å². The van der Waals surface area contributed by atoms with Gasteiger partial charge in [-0.15, -0.1) is 0 Å². The standard InChI is InChI=1S/C24H27N3O4/c1-5-27-22-14-19(30-13-12-29-4)10-11-20(22)21(15-25)23(27)17-6-8-18(9-7-17)26-24(28)31-16(2)3/h6-11,14,16H,5,12-13H2,1-4H3,(H,26,28). The average Bonchev–Trinajstić information content (AvgIpc) is 3.06. The zero-order chi connectivity index (χ0) is 22.4. The van der Waals surface area contributed by atoms with Crippen molar-refractivity contribution in [3.05, 3.63) is 48.0 Å². The number of ether oxygens (including phenoxy) is 3. The van der Waals surface area contributed by atoms with E-state index in [1.807, 2.05) is 37.3 Å². The molecule has 7 heteroatoms. The number of hydrogen-bond donors (Lipinski definition) is 1. The molecule has 3 aromatic rings. The third kappa shape index (κ3) is 4.98. The number of amides is 1. The maximum atomic E-state index is 11.8. The molecule has 0 atom stereocenters. The maximum Gasteiger partial charge on any atom is 0.411 e. The summed E-state index contributed by atoms with van der Waals surface area (Å²) in [5.41, 5.74) is 3.90. The van der Waals surface area contributed by atoms with Crippen molar-refractivity contribution in [2.75, 3.05) is 25.6 Å². The number of carbonyl (C=O) groups excluding carboxylic acids is 1. The third-order valence-electron chi connectivity index (χ3n) is 4.77. The number of rotatable bonds is 8. The molecule has 1 heterocycles. The molecule has 162 valence electrons. The first-order valence-electron chi connectivity index (χ1n) is 10.2. The first-order valence-corrected chi connectivity index (χ1v) is 10.2. The topological polar surface area (TPSA) is 85.5 Å². The van der Waals surface area contributed by atoms with E-state index in [9.17, 15) is 10.1 Å². The van der Waals surface area contributed by atoms with Gasteiger partial charge < -0.3 is 18.8 Å². The Hall–Kier alpha value is -3.50. The molecule has 0 saturated heterocycles. The van der Waals surface area contributed by atoms with Crippen LogP contribution in [-0.4, -0.2) is 37.1 Å². The predicted molar refractivity (Wildman–Crippen MR) is 120 cm³/mol. The van der Waals surface area contributed by atoms with Gasteiger partial charge in [0.25, 0.3) is 0 Å². The highest BCUT2D eigenvalue weighted by molar-refractivity contribution is 5.95. The Bertz CT molecular complexity index is 1090. The number of nitrogens with one attached hydrogen (secondary N) is 1. The van der Waals surface area contributed by atoms with Crippen molar-refractivity contribution in [1.82, 2.24) is 4.57 Å². The first kappa shape index (κ1) is 22.2. The van der Waals surface area contributed by atoms with Crippen molar-refractivity contribution in [1.29, 1.82) is 5.26 Å². The number of methoxy groups -OCH3 is 1. The van der Waals surface area contributed by atoms with Crippen LogP contribution in [0, 0.1) is 11.3 Å². The third-order valence-corrected chi connectivity index (χ3v) is 4.77. The second-order valence-corrected chi connectivity index (χ2v) is 7.26. The summed E-state index contributed by atoms with van der Waals surface area (Å²) in [5.74, 6) is 0.732. The van der Waals surface area contributed by atoms with Crippen molar-refractivity contribution >= 4 is 22.7 Å². The highest BCUT2D eigenvalue weighted by Gasteiger charge is 2.19. The predicted octanol–water partition coefficient (Wildman–Crippen LogP) is 5.18. The second kappa shape index (κ2) is 10.0. The lowest BCUT2D eigenvalue weighted by molar-refractivity contribution is 0.130. The van der Waals surface area contributed by atoms with Crippen LogP contribution in [0.2, 0.25) is 0 Å². The molecule has 1 N–H and O–H groups in total. The largest absolute Gasteiger partial charge is 0.491 e. The molecule has 0 unspecified atom stereocenters. The van der Waals surface area contributed by atoms with Crippen molar-refractivity contribution in [3.63, 3.8) is 0 Å². The van der Waals surface area contributed by atoms with E-state index in [0.29, 0.717) is 31.0 Å². The number of aryl methyl sites for hydroxylation is 1. The Morgan fingerprint density at radius 1 is 1.16 bits per heavy atom. The number of anilines is 1. The van der Waals surface area contributed by atoms with Crippen LogP contribution in [0.5, 0.6) is 5.75 Å². The molecule has 0 saturated carbocycles. The van der Waals surface area contributed by atoms with Gasteiger partial charge in [-0.05, 0) is 50.6 Å². The molecule has 0 bridgehead atoms. The normalized spacial score (nSPS) is 10.8. The van der Waals surface area contributed by atoms with Gasteiger partial charge in [0.15, 0.2) is 0 Å². The average molecular weight is 421 g/mol. The van der Waals surface area contributed by atoms with E-state index in [1.54, 1.807) is 33.1 Å². The van der Waals surface area contributed by atoms with E-state index in [4.69, 9.17) is 14.2 Å². The van der Waals surface area contributed by atoms with Crippen molar-refractivity contribution < 1.29 is 19.0 Å². The van der Waals surface area contributed by atoms with E-state index < -0.39 is 6.09 Å². The Labute approximate surface area is 182 Å². The lowest BCUT2D eigenvalue weighted by Gasteiger charge is -2.12. The molecule has 0 radical (unpaired) electrons. The number of fused-ring (bicyclic) bond motifs is 1. The molecule has 0 aliphatic carbocycles. The van der Waals surface area contributed by atoms with E-state index in [-0.39, 0.29) is 6.10 Å². The van der Waals surface area contributed by atoms with Gasteiger partial charge in [0.2, 0.25) is 0 Å². The van der Waals surface area contributed by atoms with Gasteiger partial charge in [0.1, 0.15) is 18.4 Å². The van der Waals surface area contributed by atoms with E-state index in [1.165, 1.54) is 0 Å². The maximum absolute atomic E-state index is 11.8. The lowest BCUT2D eigenvalue weighted by Crippen LogP contribution is -2.17. The molecule has 31 heavy (non-hydrogen) atoms. The van der Waals surface area contributed by atoms with Crippen molar-refractivity contribution in [2.24, 2.45) is 0 Å². The number of nitrogens with zero attached hydrogens (tertiary/aromatic N) is 2. The summed E-state index contributed by atoms with van der Waals surface area (Å²) >= 11 is 0. The van der Waals surface area contributed by atoms with Crippen LogP contribution in [0.25, 0.3) is 22.2 Å². The van der Waals surface area contributed by atoms with Gasteiger partial charge in [-0.25, -0.2) is 4.79 Å². The summed E-state index contributed by atoms with van der Waals surface area (Å²) in [7, 11) is 1.63. The Kier molecular flexibility index (Phi) is 7.16. The molecular weight excluding hydrogens is 394 g/mol. The van der Waals surface area contributed by atoms with Crippen LogP contribution < -0.4 is 10.1 Å². The van der Waals surface area contributed by atoms with Gasteiger partial charge in [-0.2, -0.15) is 5.26 Å². The number of hydrogen-bond acceptors (Lipinski definition) is 5. The molecule has 1 aromatic heterocycles. The van der Waals surface area contributed by atoms with Gasteiger partial charge in [-0.1, -0.05) is 12.1 Å². The van der Waals surface area contributed by atoms with Gasteiger partial charge in [0.05, 0.1) is 29.5 Å². The number of nitriles is 1. The quantitative estimate of drug-likeness (QED) is 0.507. The Balaban J connectivity index is 1.97. The number of aromatic nitrogens is 1. The van der Waals surface area contributed by atoms with Crippen LogP contribution in [0.1, 0.15) is 26.3 Å².